The van der Waals surface area contributed by atoms with E-state index in [1.807, 2.05) is 20.8 Å². The zero-order chi connectivity index (χ0) is 13.5. The number of aryl methyl sites for hydroxylation is 1. The quantitative estimate of drug-likeness (QED) is 0.627. The summed E-state index contributed by atoms with van der Waals surface area (Å²) in [5.41, 5.74) is 6.12. The molecular formula is C18H22. The summed E-state index contributed by atoms with van der Waals surface area (Å²) in [7, 11) is 0. The Hall–Kier alpha value is -1.82. The molecule has 0 saturated heterocycles. The van der Waals surface area contributed by atoms with E-state index in [4.69, 9.17) is 0 Å². The molecular weight excluding hydrogens is 216 g/mol. The maximum Gasteiger partial charge on any atom is -0.0184 e. The van der Waals surface area contributed by atoms with Crippen molar-refractivity contribution in [1.82, 2.24) is 0 Å². The van der Waals surface area contributed by atoms with Gasteiger partial charge in [-0.2, -0.15) is 0 Å². The van der Waals surface area contributed by atoms with Crippen molar-refractivity contribution in [1.29, 1.82) is 0 Å². The molecule has 0 spiro atoms. The fourth-order valence-electron chi connectivity index (χ4n) is 1.69. The summed E-state index contributed by atoms with van der Waals surface area (Å²) < 4.78 is 0. The van der Waals surface area contributed by atoms with Crippen LogP contribution in [-0.4, -0.2) is 0 Å². The average Bonchev–Trinajstić information content (AvgIpc) is 2.42. The fourth-order valence-corrected chi connectivity index (χ4v) is 1.69. The number of allylic oxidation sites excluding steroid dienone is 1. The summed E-state index contributed by atoms with van der Waals surface area (Å²) in [6, 6.07) is 17.1. The van der Waals surface area contributed by atoms with Gasteiger partial charge >= 0.3 is 0 Å². The zero-order valence-electron chi connectivity index (χ0n) is 11.8. The first kappa shape index (κ1) is 14.2. The highest BCUT2D eigenvalue weighted by molar-refractivity contribution is 5.68. The third-order valence-electron chi connectivity index (χ3n) is 2.76. The summed E-state index contributed by atoms with van der Waals surface area (Å²) in [4.78, 5) is 0. The van der Waals surface area contributed by atoms with Crippen LogP contribution in [0.15, 0.2) is 55.1 Å². The normalized spacial score (nSPS) is 9.33. The van der Waals surface area contributed by atoms with E-state index in [1.165, 1.54) is 22.3 Å². The molecule has 0 aliphatic rings. The third-order valence-corrected chi connectivity index (χ3v) is 2.76. The molecule has 18 heavy (non-hydrogen) atoms. The minimum atomic E-state index is 1.11. The van der Waals surface area contributed by atoms with Crippen LogP contribution in [0.25, 0.3) is 16.7 Å². The van der Waals surface area contributed by atoms with Crippen LogP contribution in [0.5, 0.6) is 0 Å². The summed E-state index contributed by atoms with van der Waals surface area (Å²) >= 11 is 0. The molecule has 0 heteroatoms. The predicted octanol–water partition coefficient (Wildman–Crippen LogP) is 5.72. The minimum absolute atomic E-state index is 1.11. The second-order valence-corrected chi connectivity index (χ2v) is 4.22. The van der Waals surface area contributed by atoms with Gasteiger partial charge in [-0.1, -0.05) is 80.1 Å². The summed E-state index contributed by atoms with van der Waals surface area (Å²) in [6.07, 6.45) is 0. The highest BCUT2D eigenvalue weighted by Crippen LogP contribution is 2.22. The lowest BCUT2D eigenvalue weighted by molar-refractivity contribution is 1.47. The van der Waals surface area contributed by atoms with E-state index < -0.39 is 0 Å². The summed E-state index contributed by atoms with van der Waals surface area (Å²) in [5, 5.41) is 0. The molecule has 0 atom stereocenters. The van der Waals surface area contributed by atoms with E-state index in [2.05, 4.69) is 62.0 Å². The number of benzene rings is 2. The van der Waals surface area contributed by atoms with Gasteiger partial charge in [-0.25, -0.2) is 0 Å². The van der Waals surface area contributed by atoms with Gasteiger partial charge in [0, 0.05) is 0 Å². The Balaban J connectivity index is 0.000000771. The van der Waals surface area contributed by atoms with E-state index in [1.54, 1.807) is 0 Å². The maximum atomic E-state index is 3.94. The van der Waals surface area contributed by atoms with Crippen molar-refractivity contribution >= 4 is 5.57 Å². The van der Waals surface area contributed by atoms with Gasteiger partial charge in [0.1, 0.15) is 0 Å². The Kier molecular flexibility index (Phi) is 5.38. The van der Waals surface area contributed by atoms with Gasteiger partial charge in [0.05, 0.1) is 0 Å². The largest absolute Gasteiger partial charge is 0.0955 e. The molecule has 2 aromatic rings. The van der Waals surface area contributed by atoms with Crippen LogP contribution < -0.4 is 0 Å². The first-order chi connectivity index (χ1) is 8.66. The second kappa shape index (κ2) is 6.80. The highest BCUT2D eigenvalue weighted by Gasteiger charge is 1.98. The van der Waals surface area contributed by atoms with Gasteiger partial charge in [-0.05, 0) is 30.5 Å². The lowest BCUT2D eigenvalue weighted by Gasteiger charge is -2.04. The van der Waals surface area contributed by atoms with Crippen molar-refractivity contribution in [3.05, 3.63) is 66.2 Å². The second-order valence-electron chi connectivity index (χ2n) is 4.22. The first-order valence-corrected chi connectivity index (χ1v) is 6.50. The average molecular weight is 238 g/mol. The first-order valence-electron chi connectivity index (χ1n) is 6.50. The number of hydrogen-bond donors (Lipinski definition) is 0. The predicted molar refractivity (Wildman–Crippen MR) is 82.7 cm³/mol. The molecule has 0 aliphatic heterocycles. The smallest absolute Gasteiger partial charge is 0.0184 e. The minimum Gasteiger partial charge on any atom is -0.0955 e. The topological polar surface area (TPSA) is 0 Å². The molecule has 0 nitrogen and oxygen atoms in total. The van der Waals surface area contributed by atoms with Crippen LogP contribution in [0.2, 0.25) is 0 Å². The monoisotopic (exact) mass is 238 g/mol. The molecule has 0 aliphatic carbocycles. The Bertz CT molecular complexity index is 487. The van der Waals surface area contributed by atoms with Crippen molar-refractivity contribution in [3.8, 4) is 11.1 Å². The van der Waals surface area contributed by atoms with Crippen LogP contribution in [0.4, 0.5) is 0 Å². The molecule has 0 heterocycles. The molecule has 0 N–H and O–H groups in total. The van der Waals surface area contributed by atoms with Gasteiger partial charge in [-0.3, -0.25) is 0 Å². The lowest BCUT2D eigenvalue weighted by Crippen LogP contribution is -1.81. The molecule has 0 saturated carbocycles. The van der Waals surface area contributed by atoms with Gasteiger partial charge in [0.2, 0.25) is 0 Å². The van der Waals surface area contributed by atoms with Crippen LogP contribution in [0.1, 0.15) is 31.9 Å². The number of rotatable bonds is 2. The van der Waals surface area contributed by atoms with E-state index in [-0.39, 0.29) is 0 Å². The molecule has 0 amide bonds. The molecule has 0 bridgehead atoms. The summed E-state index contributed by atoms with van der Waals surface area (Å²) in [6.45, 7) is 12.1. The molecule has 94 valence electrons. The molecule has 0 radical (unpaired) electrons. The van der Waals surface area contributed by atoms with Gasteiger partial charge in [0.25, 0.3) is 0 Å². The van der Waals surface area contributed by atoms with Gasteiger partial charge in [-0.15, -0.1) is 0 Å². The Morgan fingerprint density at radius 1 is 0.778 bits per heavy atom. The van der Waals surface area contributed by atoms with Crippen molar-refractivity contribution in [2.45, 2.75) is 27.7 Å². The van der Waals surface area contributed by atoms with Crippen molar-refractivity contribution < 1.29 is 0 Å². The van der Waals surface area contributed by atoms with Gasteiger partial charge in [0.15, 0.2) is 0 Å². The Morgan fingerprint density at radius 3 is 1.56 bits per heavy atom. The van der Waals surface area contributed by atoms with Crippen LogP contribution in [0, 0.1) is 6.92 Å². The van der Waals surface area contributed by atoms with Crippen LogP contribution in [0.3, 0.4) is 0 Å². The van der Waals surface area contributed by atoms with E-state index in [0.29, 0.717) is 0 Å². The third kappa shape index (κ3) is 3.59. The SMILES string of the molecule is C=C(C)c1ccc(-c2ccc(C)cc2)cc1.CC. The zero-order valence-corrected chi connectivity index (χ0v) is 11.8. The summed E-state index contributed by atoms with van der Waals surface area (Å²) in [5.74, 6) is 0. The van der Waals surface area contributed by atoms with E-state index in [9.17, 15) is 0 Å². The van der Waals surface area contributed by atoms with Crippen molar-refractivity contribution in [2.24, 2.45) is 0 Å². The Labute approximate surface area is 111 Å². The standard InChI is InChI=1S/C16H16.C2H6/c1-12(2)14-8-10-16(11-9-14)15-6-4-13(3)5-7-15;1-2/h4-11H,1H2,2-3H3;1-2H3. The van der Waals surface area contributed by atoms with Crippen LogP contribution >= 0.6 is 0 Å². The maximum absolute atomic E-state index is 3.94. The fraction of sp³-hybridized carbons (Fsp3) is 0.222. The van der Waals surface area contributed by atoms with E-state index >= 15 is 0 Å². The highest BCUT2D eigenvalue weighted by atomic mass is 14.0. The number of hydrogen-bond acceptors (Lipinski definition) is 0. The molecule has 0 fully saturated rings. The molecule has 2 rings (SSSR count). The van der Waals surface area contributed by atoms with Crippen LogP contribution in [-0.2, 0) is 0 Å². The molecule has 0 aromatic heterocycles. The Morgan fingerprint density at radius 2 is 1.17 bits per heavy atom. The van der Waals surface area contributed by atoms with Crippen molar-refractivity contribution in [3.63, 3.8) is 0 Å². The van der Waals surface area contributed by atoms with Gasteiger partial charge < -0.3 is 0 Å². The lowest BCUT2D eigenvalue weighted by atomic mass is 10.0. The van der Waals surface area contributed by atoms with E-state index in [0.717, 1.165) is 5.57 Å². The molecule has 0 unspecified atom stereocenters. The molecule has 2 aromatic carbocycles. The van der Waals surface area contributed by atoms with Crippen molar-refractivity contribution in [2.75, 3.05) is 0 Å².